The molecule has 0 atom stereocenters. The number of hydrazine groups is 1. The molecule has 0 spiro atoms. The van der Waals surface area contributed by atoms with Crippen LogP contribution in [-0.4, -0.2) is 10.5 Å². The Morgan fingerprint density at radius 1 is 1.07 bits per heavy atom. The molecule has 1 amide bonds. The molecule has 0 aliphatic rings. The molecule has 0 bridgehead atoms. The highest BCUT2D eigenvalue weighted by molar-refractivity contribution is 6.31. The van der Waals surface area contributed by atoms with Gasteiger partial charge in [-0.25, -0.2) is 10.2 Å². The summed E-state index contributed by atoms with van der Waals surface area (Å²) >= 11 is 6.21. The SMILES string of the molecule is NNC(=O)c1ccc(-c2cn(Cc3ccc(F)cc3Cl)c3ccccc23)cc1. The van der Waals surface area contributed by atoms with E-state index in [-0.39, 0.29) is 11.7 Å². The minimum atomic E-state index is -0.353. The van der Waals surface area contributed by atoms with Gasteiger partial charge in [0.25, 0.3) is 5.91 Å². The predicted molar refractivity (Wildman–Crippen MR) is 110 cm³/mol. The molecule has 1 aromatic heterocycles. The van der Waals surface area contributed by atoms with Gasteiger partial charge in [0.1, 0.15) is 5.82 Å². The van der Waals surface area contributed by atoms with E-state index >= 15 is 0 Å². The molecule has 4 aromatic rings. The van der Waals surface area contributed by atoms with Crippen molar-refractivity contribution in [2.75, 3.05) is 0 Å². The van der Waals surface area contributed by atoms with Crippen LogP contribution in [0.2, 0.25) is 5.02 Å². The zero-order chi connectivity index (χ0) is 19.7. The molecule has 1 heterocycles. The van der Waals surface area contributed by atoms with Gasteiger partial charge < -0.3 is 4.57 Å². The van der Waals surface area contributed by atoms with Crippen LogP contribution in [0.5, 0.6) is 0 Å². The average Bonchev–Trinajstić information content (AvgIpc) is 3.08. The van der Waals surface area contributed by atoms with Crippen molar-refractivity contribution in [2.24, 2.45) is 5.84 Å². The van der Waals surface area contributed by atoms with Crippen LogP contribution >= 0.6 is 11.6 Å². The molecular weight excluding hydrogens is 377 g/mol. The summed E-state index contributed by atoms with van der Waals surface area (Å²) in [5, 5.41) is 1.48. The Hall–Kier alpha value is -3.15. The number of halogens is 2. The van der Waals surface area contributed by atoms with Gasteiger partial charge >= 0.3 is 0 Å². The second-order valence-corrected chi connectivity index (χ2v) is 6.88. The summed E-state index contributed by atoms with van der Waals surface area (Å²) in [6, 6.07) is 19.7. The van der Waals surface area contributed by atoms with Crippen molar-refractivity contribution in [1.29, 1.82) is 0 Å². The summed E-state index contributed by atoms with van der Waals surface area (Å²) in [6.07, 6.45) is 2.04. The maximum atomic E-state index is 13.4. The number of carbonyl (C=O) groups is 1. The van der Waals surface area contributed by atoms with Gasteiger partial charge in [-0.2, -0.15) is 0 Å². The molecule has 3 N–H and O–H groups in total. The Kier molecular flexibility index (Phi) is 4.86. The molecule has 0 aliphatic carbocycles. The second-order valence-electron chi connectivity index (χ2n) is 6.47. The molecule has 0 unspecified atom stereocenters. The summed E-state index contributed by atoms with van der Waals surface area (Å²) in [7, 11) is 0. The number of nitrogen functional groups attached to an aromatic ring is 1. The van der Waals surface area contributed by atoms with Gasteiger partial charge in [0.2, 0.25) is 0 Å². The van der Waals surface area contributed by atoms with Crippen molar-refractivity contribution in [2.45, 2.75) is 6.54 Å². The fraction of sp³-hybridized carbons (Fsp3) is 0.0455. The number of nitrogens with one attached hydrogen (secondary N) is 1. The minimum Gasteiger partial charge on any atom is -0.342 e. The van der Waals surface area contributed by atoms with Gasteiger partial charge in [0.05, 0.1) is 0 Å². The number of nitrogens with zero attached hydrogens (tertiary/aromatic N) is 1. The maximum Gasteiger partial charge on any atom is 0.265 e. The molecule has 0 saturated heterocycles. The Balaban J connectivity index is 1.77. The van der Waals surface area contributed by atoms with E-state index in [9.17, 15) is 9.18 Å². The summed E-state index contributed by atoms with van der Waals surface area (Å²) in [5.74, 6) is 4.50. The molecule has 0 radical (unpaired) electrons. The zero-order valence-electron chi connectivity index (χ0n) is 14.8. The molecule has 0 aliphatic heterocycles. The van der Waals surface area contributed by atoms with Gasteiger partial charge in [-0.05, 0) is 41.5 Å². The van der Waals surface area contributed by atoms with Crippen LogP contribution in [0.3, 0.4) is 0 Å². The molecule has 0 fully saturated rings. The first-order chi connectivity index (χ1) is 13.6. The average molecular weight is 394 g/mol. The topological polar surface area (TPSA) is 60.0 Å². The lowest BCUT2D eigenvalue weighted by atomic mass is 10.0. The lowest BCUT2D eigenvalue weighted by Crippen LogP contribution is -2.29. The lowest BCUT2D eigenvalue weighted by molar-refractivity contribution is 0.0953. The minimum absolute atomic E-state index is 0.333. The summed E-state index contributed by atoms with van der Waals surface area (Å²) in [4.78, 5) is 11.7. The number of para-hydroxylation sites is 1. The van der Waals surface area contributed by atoms with Gasteiger partial charge in [-0.1, -0.05) is 48.0 Å². The summed E-state index contributed by atoms with van der Waals surface area (Å²) in [5.41, 5.74) is 6.52. The second kappa shape index (κ2) is 7.46. The van der Waals surface area contributed by atoms with E-state index in [0.29, 0.717) is 17.1 Å². The van der Waals surface area contributed by atoms with Crippen molar-refractivity contribution >= 4 is 28.4 Å². The fourth-order valence-corrected chi connectivity index (χ4v) is 3.55. The number of benzene rings is 3. The van der Waals surface area contributed by atoms with Crippen molar-refractivity contribution in [3.8, 4) is 11.1 Å². The van der Waals surface area contributed by atoms with E-state index in [1.807, 2.05) is 42.6 Å². The number of nitrogens with two attached hydrogens (primary N) is 1. The number of hydrogen-bond acceptors (Lipinski definition) is 2. The fourth-order valence-electron chi connectivity index (χ4n) is 3.33. The van der Waals surface area contributed by atoms with Gasteiger partial charge in [0.15, 0.2) is 0 Å². The van der Waals surface area contributed by atoms with Crippen molar-refractivity contribution in [3.63, 3.8) is 0 Å². The van der Waals surface area contributed by atoms with Crippen molar-refractivity contribution < 1.29 is 9.18 Å². The number of aromatic nitrogens is 1. The molecule has 4 nitrogen and oxygen atoms in total. The highest BCUT2D eigenvalue weighted by Gasteiger charge is 2.12. The highest BCUT2D eigenvalue weighted by Crippen LogP contribution is 2.32. The van der Waals surface area contributed by atoms with Crippen LogP contribution in [0, 0.1) is 5.82 Å². The first-order valence-corrected chi connectivity index (χ1v) is 9.08. The first kappa shape index (κ1) is 18.2. The molecule has 4 rings (SSSR count). The Morgan fingerprint density at radius 3 is 2.54 bits per heavy atom. The van der Waals surface area contributed by atoms with E-state index in [1.54, 1.807) is 18.2 Å². The molecule has 140 valence electrons. The van der Waals surface area contributed by atoms with Crippen LogP contribution < -0.4 is 11.3 Å². The number of hydrogen-bond donors (Lipinski definition) is 2. The Bertz CT molecular complexity index is 1170. The van der Waals surface area contributed by atoms with E-state index < -0.39 is 0 Å². The van der Waals surface area contributed by atoms with Crippen LogP contribution in [0.4, 0.5) is 4.39 Å². The lowest BCUT2D eigenvalue weighted by Gasteiger charge is -2.07. The monoisotopic (exact) mass is 393 g/mol. The van der Waals surface area contributed by atoms with Gasteiger partial charge in [-0.15, -0.1) is 0 Å². The zero-order valence-corrected chi connectivity index (χ0v) is 15.6. The Labute approximate surface area is 166 Å². The van der Waals surface area contributed by atoms with Crippen molar-refractivity contribution in [3.05, 3.63) is 94.9 Å². The van der Waals surface area contributed by atoms with Crippen LogP contribution in [0.1, 0.15) is 15.9 Å². The van der Waals surface area contributed by atoms with E-state index in [0.717, 1.165) is 27.6 Å². The third kappa shape index (κ3) is 3.38. The number of fused-ring (bicyclic) bond motifs is 1. The number of carbonyl (C=O) groups excluding carboxylic acids is 1. The molecule has 28 heavy (non-hydrogen) atoms. The van der Waals surface area contributed by atoms with E-state index in [1.165, 1.54) is 12.1 Å². The highest BCUT2D eigenvalue weighted by atomic mass is 35.5. The molecule has 3 aromatic carbocycles. The van der Waals surface area contributed by atoms with Crippen LogP contribution in [-0.2, 0) is 6.54 Å². The van der Waals surface area contributed by atoms with Crippen molar-refractivity contribution in [1.82, 2.24) is 9.99 Å². The Morgan fingerprint density at radius 2 is 1.82 bits per heavy atom. The molecular formula is C22H17ClFN3O. The smallest absolute Gasteiger partial charge is 0.265 e. The van der Waals surface area contributed by atoms with Gasteiger partial charge in [-0.3, -0.25) is 10.2 Å². The molecule has 6 heteroatoms. The number of rotatable bonds is 4. The third-order valence-corrected chi connectivity index (χ3v) is 5.09. The quantitative estimate of drug-likeness (QED) is 0.298. The van der Waals surface area contributed by atoms with E-state index in [2.05, 4.69) is 9.99 Å². The van der Waals surface area contributed by atoms with E-state index in [4.69, 9.17) is 17.4 Å². The normalized spacial score (nSPS) is 11.0. The maximum absolute atomic E-state index is 13.4. The summed E-state index contributed by atoms with van der Waals surface area (Å²) < 4.78 is 15.4. The first-order valence-electron chi connectivity index (χ1n) is 8.70. The summed E-state index contributed by atoms with van der Waals surface area (Å²) in [6.45, 7) is 0.521. The third-order valence-electron chi connectivity index (χ3n) is 4.73. The van der Waals surface area contributed by atoms with Crippen LogP contribution in [0.15, 0.2) is 72.9 Å². The predicted octanol–water partition coefficient (Wildman–Crippen LogP) is 4.75. The van der Waals surface area contributed by atoms with Crippen LogP contribution in [0.25, 0.3) is 22.0 Å². The largest absolute Gasteiger partial charge is 0.342 e. The van der Waals surface area contributed by atoms with Gasteiger partial charge in [0, 0.05) is 39.8 Å². The standard InChI is InChI=1S/C22H17ClFN3O/c23-20-11-17(24)10-9-16(20)12-27-13-19(18-3-1-2-4-21(18)27)14-5-7-15(8-6-14)22(28)26-25/h1-11,13H,12,25H2,(H,26,28). The number of amides is 1. The molecule has 0 saturated carbocycles.